The Kier molecular flexibility index (Phi) is 10.2. The largest absolute Gasteiger partial charge is 1.00 e. The molecule has 4 aromatic rings. The third-order valence-electron chi connectivity index (χ3n) is 5.14. The van der Waals surface area contributed by atoms with Crippen LogP contribution in [0.1, 0.15) is 11.1 Å². The minimum Gasteiger partial charge on any atom is -0.492 e. The minimum atomic E-state index is -4.88. The Morgan fingerprint density at radius 2 is 1.02 bits per heavy atom. The average molecular weight is 640 g/mol. The molecule has 0 unspecified atom stereocenters. The molecular weight excluding hydrogens is 623 g/mol. The Labute approximate surface area is 262 Å². The molecule has 0 aliphatic heterocycles. The van der Waals surface area contributed by atoms with E-state index in [9.17, 15) is 45.7 Å². The summed E-state index contributed by atoms with van der Waals surface area (Å²) in [7, 11) is -9.75. The van der Waals surface area contributed by atoms with Crippen molar-refractivity contribution >= 4 is 55.1 Å². The van der Waals surface area contributed by atoms with E-state index in [0.717, 1.165) is 36.9 Å². The maximum atomic E-state index is 12.0. The molecule has 216 valence electrons. The van der Waals surface area contributed by atoms with Crippen molar-refractivity contribution in [2.24, 2.45) is 20.5 Å². The Balaban J connectivity index is 0.00000506. The van der Waals surface area contributed by atoms with Gasteiger partial charge >= 0.3 is 29.6 Å². The molecule has 0 amide bonds. The van der Waals surface area contributed by atoms with Crippen molar-refractivity contribution in [3.8, 4) is 11.8 Å². The number of nitrogens with one attached hydrogen (secondary N) is 2. The monoisotopic (exact) mass is 639 g/mol. The number of aromatic amines is 2. The van der Waals surface area contributed by atoms with Gasteiger partial charge in [-0.15, -0.1) is 10.2 Å². The smallest absolute Gasteiger partial charge is 0.492 e. The maximum Gasteiger partial charge on any atom is 1.00 e. The van der Waals surface area contributed by atoms with Gasteiger partial charge in [0.1, 0.15) is 9.79 Å². The van der Waals surface area contributed by atoms with Crippen LogP contribution in [-0.2, 0) is 20.2 Å². The van der Waals surface area contributed by atoms with E-state index in [1.54, 1.807) is 0 Å². The third kappa shape index (κ3) is 8.10. The number of azo groups is 2. The summed E-state index contributed by atoms with van der Waals surface area (Å²) in [4.78, 5) is 33.4. The van der Waals surface area contributed by atoms with Crippen LogP contribution in [0.4, 0.5) is 22.7 Å². The zero-order chi connectivity index (χ0) is 30.7. The van der Waals surface area contributed by atoms with Crippen molar-refractivity contribution in [1.29, 1.82) is 0 Å². The summed E-state index contributed by atoms with van der Waals surface area (Å²) >= 11 is 0. The Morgan fingerprint density at radius 3 is 1.35 bits per heavy atom. The van der Waals surface area contributed by atoms with Crippen molar-refractivity contribution < 1.29 is 65.7 Å². The molecule has 2 heterocycles. The molecule has 0 fully saturated rings. The van der Waals surface area contributed by atoms with E-state index in [-0.39, 0.29) is 52.1 Å². The molecule has 0 bridgehead atoms. The van der Waals surface area contributed by atoms with Gasteiger partial charge in [-0.1, -0.05) is 24.3 Å². The fourth-order valence-electron chi connectivity index (χ4n) is 3.23. The van der Waals surface area contributed by atoms with Crippen molar-refractivity contribution in [2.75, 3.05) is 0 Å². The number of H-pyrrole nitrogens is 2. The van der Waals surface area contributed by atoms with Gasteiger partial charge in [-0.3, -0.25) is 18.7 Å². The van der Waals surface area contributed by atoms with Gasteiger partial charge in [-0.2, -0.15) is 27.1 Å². The summed E-state index contributed by atoms with van der Waals surface area (Å²) in [6.07, 6.45) is 4.08. The van der Waals surface area contributed by atoms with Crippen LogP contribution in [0.2, 0.25) is 0 Å². The fraction of sp³-hybridized carbons (Fsp3) is 0. The SMILES string of the molecule is O=c1[nH]cnc(O)c1N=Nc1ccc(/C=C/c2ccc(N=Nc3c(O)nc[nH]c3=O)cc2S(=O)(=O)O)c(S(=O)(=O)O)c1.[Na+]. The molecule has 0 spiro atoms. The second-order valence-corrected chi connectivity index (χ2v) is 10.7. The number of nitrogens with zero attached hydrogens (tertiary/aromatic N) is 6. The van der Waals surface area contributed by atoms with Crippen LogP contribution in [0.25, 0.3) is 12.2 Å². The van der Waals surface area contributed by atoms with Gasteiger partial charge in [-0.05, 0) is 35.4 Å². The van der Waals surface area contributed by atoms with E-state index in [0.29, 0.717) is 0 Å². The van der Waals surface area contributed by atoms with Crippen molar-refractivity contribution in [3.05, 3.63) is 80.9 Å². The number of aromatic nitrogens is 4. The zero-order valence-electron chi connectivity index (χ0n) is 21.5. The molecule has 4 rings (SSSR count). The number of hydrogen-bond donors (Lipinski definition) is 6. The van der Waals surface area contributed by atoms with Gasteiger partial charge in [0, 0.05) is 0 Å². The summed E-state index contributed by atoms with van der Waals surface area (Å²) in [6.45, 7) is 0. The maximum absolute atomic E-state index is 12.0. The molecule has 2 aromatic carbocycles. The first-order chi connectivity index (χ1) is 19.7. The summed E-state index contributed by atoms with van der Waals surface area (Å²) < 4.78 is 67.7. The summed E-state index contributed by atoms with van der Waals surface area (Å²) in [5.41, 5.74) is -3.37. The van der Waals surface area contributed by atoms with Crippen LogP contribution in [0, 0.1) is 0 Å². The third-order valence-corrected chi connectivity index (χ3v) is 6.96. The molecule has 18 nitrogen and oxygen atoms in total. The van der Waals surface area contributed by atoms with Crippen LogP contribution in [0.3, 0.4) is 0 Å². The van der Waals surface area contributed by atoms with Gasteiger partial charge in [0.25, 0.3) is 31.4 Å². The minimum absolute atomic E-state index is 0. The van der Waals surface area contributed by atoms with Crippen LogP contribution in [0.15, 0.2) is 88.9 Å². The van der Waals surface area contributed by atoms with Crippen LogP contribution >= 0.6 is 0 Å². The van der Waals surface area contributed by atoms with Gasteiger partial charge < -0.3 is 20.2 Å². The molecule has 0 aliphatic carbocycles. The van der Waals surface area contributed by atoms with Crippen LogP contribution in [-0.4, -0.2) is 56.1 Å². The Bertz CT molecular complexity index is 1980. The summed E-state index contributed by atoms with van der Waals surface area (Å²) in [6, 6.07) is 6.61. The van der Waals surface area contributed by atoms with E-state index in [4.69, 9.17) is 0 Å². The topological polar surface area (TPSA) is 290 Å². The second kappa shape index (κ2) is 13.2. The Hall–Kier alpha value is -4.44. The second-order valence-electron chi connectivity index (χ2n) is 7.94. The fourth-order valence-corrected chi connectivity index (χ4v) is 4.64. The number of hydrogen-bond acceptors (Lipinski definition) is 14. The predicted molar refractivity (Wildman–Crippen MR) is 143 cm³/mol. The van der Waals surface area contributed by atoms with E-state index in [1.807, 2.05) is 0 Å². The quantitative estimate of drug-likeness (QED) is 0.0630. The number of benzene rings is 2. The first-order valence-corrected chi connectivity index (χ1v) is 13.9. The molecular formula is C22H16N8NaO10S2+. The summed E-state index contributed by atoms with van der Waals surface area (Å²) in [5.74, 6) is -1.47. The van der Waals surface area contributed by atoms with Crippen LogP contribution in [0.5, 0.6) is 11.8 Å². The first-order valence-electron chi connectivity index (χ1n) is 11.0. The molecule has 0 radical (unpaired) electrons. The molecule has 2 aromatic heterocycles. The van der Waals surface area contributed by atoms with E-state index in [2.05, 4.69) is 40.4 Å². The Morgan fingerprint density at radius 1 is 0.651 bits per heavy atom. The standard InChI is InChI=1S/C22H16N8O10S2.Na/c31-19-17(20(32)24-9-23-19)29-27-13-5-3-11(15(7-13)41(35,36)37)1-2-12-4-6-14(8-16(12)42(38,39)40)28-30-18-21(33)25-10-26-22(18)34;/h1-10H,(H,35,36,37)(H,38,39,40)(H2,23,24,31,32)(H2,25,26,33,34);/q;+1/b2-1+,29-27?,30-28?;. The molecule has 43 heavy (non-hydrogen) atoms. The van der Waals surface area contributed by atoms with Gasteiger partial charge in [0.15, 0.2) is 0 Å². The van der Waals surface area contributed by atoms with Crippen molar-refractivity contribution in [3.63, 3.8) is 0 Å². The molecule has 0 atom stereocenters. The normalized spacial score (nSPS) is 12.2. The van der Waals surface area contributed by atoms with Gasteiger partial charge in [0.2, 0.25) is 23.1 Å². The molecule has 6 N–H and O–H groups in total. The predicted octanol–water partition coefficient (Wildman–Crippen LogP) is -0.237. The first kappa shape index (κ1) is 33.1. The zero-order valence-corrected chi connectivity index (χ0v) is 25.1. The van der Waals surface area contributed by atoms with Gasteiger partial charge in [-0.25, -0.2) is 9.97 Å². The van der Waals surface area contributed by atoms with Gasteiger partial charge in [0.05, 0.1) is 24.0 Å². The van der Waals surface area contributed by atoms with Crippen LogP contribution < -0.4 is 40.7 Å². The van der Waals surface area contributed by atoms with Crippen molar-refractivity contribution in [2.45, 2.75) is 9.79 Å². The number of rotatable bonds is 8. The number of aromatic hydroxyl groups is 2. The molecule has 21 heteroatoms. The average Bonchev–Trinajstić information content (AvgIpc) is 2.91. The van der Waals surface area contributed by atoms with E-state index < -0.39 is 64.3 Å². The van der Waals surface area contributed by atoms with Crippen molar-refractivity contribution in [1.82, 2.24) is 19.9 Å². The molecule has 0 aliphatic rings. The van der Waals surface area contributed by atoms with E-state index >= 15 is 0 Å². The molecule has 0 saturated heterocycles. The van der Waals surface area contributed by atoms with E-state index in [1.165, 1.54) is 24.3 Å². The molecule has 0 saturated carbocycles. The summed E-state index contributed by atoms with van der Waals surface area (Å²) in [5, 5.41) is 33.7.